The molecule has 0 N–H and O–H groups in total. The fraction of sp³-hybridized carbons (Fsp3) is 0.609. The van der Waals surface area contributed by atoms with E-state index in [-0.39, 0.29) is 25.7 Å². The molecule has 0 saturated heterocycles. The van der Waals surface area contributed by atoms with Crippen LogP contribution in [0.2, 0.25) is 0 Å². The van der Waals surface area contributed by atoms with Crippen LogP contribution in [0.3, 0.4) is 0 Å². The van der Waals surface area contributed by atoms with Crippen LogP contribution in [0.5, 0.6) is 0 Å². The van der Waals surface area contributed by atoms with E-state index >= 15 is 0 Å². The molecule has 0 bridgehead atoms. The Balaban J connectivity index is 0.00000196. The highest BCUT2D eigenvalue weighted by Gasteiger charge is 2.33. The zero-order chi connectivity index (χ0) is 18.7. The molecule has 0 heterocycles. The molecule has 0 aliphatic heterocycles. The predicted octanol–water partition coefficient (Wildman–Crippen LogP) is 7.14. The highest BCUT2D eigenvalue weighted by molar-refractivity contribution is 5.98. The lowest BCUT2D eigenvalue weighted by Gasteiger charge is -2.37. The molecule has 2 aliphatic rings. The second kappa shape index (κ2) is 8.45. The van der Waals surface area contributed by atoms with Crippen molar-refractivity contribution in [3.05, 3.63) is 47.0 Å². The quantitative estimate of drug-likeness (QED) is 0.410. The van der Waals surface area contributed by atoms with Gasteiger partial charge in [0, 0.05) is 8.77 Å². The molecule has 3 heteroatoms. The van der Waals surface area contributed by atoms with E-state index in [1.807, 2.05) is 0 Å². The van der Waals surface area contributed by atoms with Gasteiger partial charge in [-0.1, -0.05) is 18.2 Å². The summed E-state index contributed by atoms with van der Waals surface area (Å²) in [5.41, 5.74) is 0.180. The molecule has 2 saturated carbocycles. The zero-order valence-corrected chi connectivity index (χ0v) is 15.9. The molecule has 0 spiro atoms. The molecule has 1 nitrogen and oxygen atoms in total. The summed E-state index contributed by atoms with van der Waals surface area (Å²) in [6.07, 6.45) is 13.3. The topological polar surface area (TPSA) is 17.1 Å². The van der Waals surface area contributed by atoms with Crippen molar-refractivity contribution >= 4 is 5.78 Å². The number of benzene rings is 1. The number of allylic oxidation sites excluding steroid dienone is 2. The normalized spacial score (nSPS) is 29.8. The Labute approximate surface area is 158 Å². The van der Waals surface area contributed by atoms with E-state index in [9.17, 15) is 13.6 Å². The van der Waals surface area contributed by atoms with Gasteiger partial charge in [-0.2, -0.15) is 0 Å². The number of halogens is 2. The van der Waals surface area contributed by atoms with Crippen LogP contribution in [0.25, 0.3) is 0 Å². The third-order valence-electron chi connectivity index (χ3n) is 6.63. The van der Waals surface area contributed by atoms with E-state index in [1.54, 1.807) is 0 Å². The van der Waals surface area contributed by atoms with Crippen LogP contribution in [0.4, 0.5) is 8.78 Å². The molecule has 1 aromatic rings. The average molecular weight is 365 g/mol. The lowest BCUT2D eigenvalue weighted by molar-refractivity contribution is 0.0829. The van der Waals surface area contributed by atoms with Crippen molar-refractivity contribution in [3.8, 4) is 0 Å². The number of hydrogen-bond donors (Lipinski definition) is 0. The van der Waals surface area contributed by atoms with Crippen molar-refractivity contribution < 1.29 is 16.4 Å². The Morgan fingerprint density at radius 1 is 0.962 bits per heavy atom. The summed E-state index contributed by atoms with van der Waals surface area (Å²) in [5.74, 6) is 0.000562. The molecule has 0 aromatic heterocycles. The second-order valence-electron chi connectivity index (χ2n) is 8.23. The van der Waals surface area contributed by atoms with E-state index in [2.05, 4.69) is 19.1 Å². The van der Waals surface area contributed by atoms with Crippen LogP contribution in [-0.2, 0) is 0 Å². The molecule has 2 fully saturated rings. The third kappa shape index (κ3) is 4.07. The largest absolute Gasteiger partial charge is 0.294 e. The Morgan fingerprint density at radius 2 is 1.54 bits per heavy atom. The molecule has 2 aliphatic carbocycles. The molecule has 26 heavy (non-hydrogen) atoms. The van der Waals surface area contributed by atoms with Gasteiger partial charge in [0.25, 0.3) is 0 Å². The highest BCUT2D eigenvalue weighted by Crippen LogP contribution is 2.42. The van der Waals surface area contributed by atoms with E-state index in [1.165, 1.54) is 44.7 Å². The lowest BCUT2D eigenvalue weighted by atomic mass is 9.68. The summed E-state index contributed by atoms with van der Waals surface area (Å²) in [5, 5.41) is 0. The van der Waals surface area contributed by atoms with Crippen LogP contribution in [0.1, 0.15) is 77.1 Å². The van der Waals surface area contributed by atoms with Crippen LogP contribution < -0.4 is 0 Å². The van der Waals surface area contributed by atoms with Crippen LogP contribution in [-0.4, -0.2) is 5.78 Å². The van der Waals surface area contributed by atoms with Gasteiger partial charge in [0.05, 0.1) is 5.56 Å². The van der Waals surface area contributed by atoms with Crippen molar-refractivity contribution in [1.29, 1.82) is 0 Å². The van der Waals surface area contributed by atoms with Gasteiger partial charge in [0.2, 0.25) is 0 Å². The number of carbonyl (C=O) groups excluding carboxylic acids is 1. The van der Waals surface area contributed by atoms with Crippen molar-refractivity contribution in [1.82, 2.24) is 0 Å². The first-order valence-corrected chi connectivity index (χ1v) is 10.1. The molecule has 0 unspecified atom stereocenters. The number of aryl methyl sites for hydroxylation is 1. The minimum absolute atomic E-state index is 0. The lowest BCUT2D eigenvalue weighted by Crippen LogP contribution is -2.28. The number of hydrogen-bond acceptors (Lipinski definition) is 1. The third-order valence-corrected chi connectivity index (χ3v) is 6.63. The van der Waals surface area contributed by atoms with Gasteiger partial charge in [-0.25, -0.2) is 8.78 Å². The van der Waals surface area contributed by atoms with Crippen molar-refractivity contribution in [2.45, 2.75) is 65.2 Å². The fourth-order valence-electron chi connectivity index (χ4n) is 4.99. The predicted molar refractivity (Wildman–Crippen MR) is 105 cm³/mol. The summed E-state index contributed by atoms with van der Waals surface area (Å²) in [6.45, 7) is 3.61. The van der Waals surface area contributed by atoms with E-state index in [4.69, 9.17) is 0 Å². The smallest absolute Gasteiger partial charge is 0.169 e. The van der Waals surface area contributed by atoms with Gasteiger partial charge in [0.1, 0.15) is 0 Å². The van der Waals surface area contributed by atoms with Crippen LogP contribution in [0.15, 0.2) is 24.3 Å². The molecular formula is C23H34F2O. The maximum absolute atomic E-state index is 14.1. The van der Waals surface area contributed by atoms with Gasteiger partial charge < -0.3 is 0 Å². The average Bonchev–Trinajstić information content (AvgIpc) is 2.67. The fourth-order valence-corrected chi connectivity index (χ4v) is 4.99. The molecule has 1 aromatic carbocycles. The summed E-state index contributed by atoms with van der Waals surface area (Å²) in [6, 6.07) is 2.95. The minimum Gasteiger partial charge on any atom is -0.294 e. The number of ketones is 1. The van der Waals surface area contributed by atoms with Gasteiger partial charge in [0.15, 0.2) is 17.4 Å². The number of rotatable bonds is 4. The van der Waals surface area contributed by atoms with Crippen molar-refractivity contribution in [2.24, 2.45) is 23.7 Å². The summed E-state index contributed by atoms with van der Waals surface area (Å²) in [7, 11) is 0. The monoisotopic (exact) mass is 364 g/mol. The van der Waals surface area contributed by atoms with Gasteiger partial charge in [-0.15, -0.1) is 0 Å². The molecule has 0 amide bonds. The van der Waals surface area contributed by atoms with E-state index in [0.29, 0.717) is 5.92 Å². The molecular weight excluding hydrogens is 330 g/mol. The maximum atomic E-state index is 14.1. The minimum atomic E-state index is -0.973. The summed E-state index contributed by atoms with van der Waals surface area (Å²) in [4.78, 5) is 12.7. The van der Waals surface area contributed by atoms with Crippen molar-refractivity contribution in [3.63, 3.8) is 0 Å². The van der Waals surface area contributed by atoms with Gasteiger partial charge >= 0.3 is 0 Å². The molecule has 146 valence electrons. The molecule has 0 radical (unpaired) electrons. The Kier molecular flexibility index (Phi) is 6.26. The van der Waals surface area contributed by atoms with Crippen molar-refractivity contribution in [2.75, 3.05) is 0 Å². The summed E-state index contributed by atoms with van der Waals surface area (Å²) < 4.78 is 27.9. The summed E-state index contributed by atoms with van der Waals surface area (Å²) >= 11 is 0. The van der Waals surface area contributed by atoms with E-state index < -0.39 is 11.6 Å². The van der Waals surface area contributed by atoms with Crippen LogP contribution in [0, 0.1) is 42.2 Å². The first kappa shape index (κ1) is 19.3. The highest BCUT2D eigenvalue weighted by atomic mass is 19.2. The zero-order valence-electron chi connectivity index (χ0n) is 15.9. The number of carbonyl (C=O) groups is 1. The number of Topliss-reactive ketones (excluding diaryl/α,β-unsaturated/α-hetero) is 1. The van der Waals surface area contributed by atoms with E-state index in [0.717, 1.165) is 37.5 Å². The molecule has 0 atom stereocenters. The van der Waals surface area contributed by atoms with Crippen LogP contribution >= 0.6 is 0 Å². The Morgan fingerprint density at radius 3 is 2.12 bits per heavy atom. The second-order valence-corrected chi connectivity index (χ2v) is 8.23. The van der Waals surface area contributed by atoms with Gasteiger partial charge in [-0.05, 0) is 94.6 Å². The molecule has 3 rings (SSSR count). The standard InChI is InChI=1S/C23H30F2O.2H2/c1-3-4-16-6-8-17(9-7-16)18-10-12-19(13-11-18)23(26)20-14-5-15(2)21(24)22(20)25;;/h3-5,14,16-19H,6-13H2,1-2H3;2*1H/b4-3+;;. The maximum Gasteiger partial charge on any atom is 0.169 e. The Bertz CT molecular complexity index is 673. The first-order chi connectivity index (χ1) is 12.5. The first-order valence-electron chi connectivity index (χ1n) is 10.1. The SMILES string of the molecule is C/C=C/C1CCC(C2CCC(C(=O)c3ccc(C)c(F)c3F)CC2)CC1.[HH].[HH]. The Hall–Kier alpha value is -1.51. The van der Waals surface area contributed by atoms with Gasteiger partial charge in [-0.3, -0.25) is 4.79 Å².